The van der Waals surface area contributed by atoms with Crippen LogP contribution < -0.4 is 27.8 Å². The highest BCUT2D eigenvalue weighted by Crippen LogP contribution is 2.27. The van der Waals surface area contributed by atoms with Crippen molar-refractivity contribution in [3.63, 3.8) is 0 Å². The molecule has 0 unspecified atom stereocenters. The largest absolute Gasteiger partial charge is 0.480 e. The second kappa shape index (κ2) is 16.5. The first-order valence-corrected chi connectivity index (χ1v) is 16.2. The number of nitrogens with one attached hydrogen (secondary N) is 2. The van der Waals surface area contributed by atoms with E-state index in [0.717, 1.165) is 0 Å². The second-order valence-electron chi connectivity index (χ2n) is 12.8. The van der Waals surface area contributed by atoms with Crippen molar-refractivity contribution < 1.29 is 43.5 Å². The van der Waals surface area contributed by atoms with Crippen LogP contribution in [-0.4, -0.2) is 123 Å². The number of nitrogens with zero attached hydrogens (tertiary/aromatic N) is 3. The normalized spacial score (nSPS) is 22.9. The van der Waals surface area contributed by atoms with Crippen LogP contribution in [-0.2, 0) is 38.4 Å². The Morgan fingerprint density at radius 2 is 1.23 bits per heavy atom. The predicted molar refractivity (Wildman–Crippen MR) is 165 cm³/mol. The number of likely N-dealkylation sites (tertiary alicyclic amines) is 3. The van der Waals surface area contributed by atoms with E-state index in [-0.39, 0.29) is 51.2 Å². The van der Waals surface area contributed by atoms with Crippen molar-refractivity contribution in [2.24, 2.45) is 23.1 Å². The third-order valence-electron chi connectivity index (χ3n) is 9.04. The van der Waals surface area contributed by atoms with E-state index in [2.05, 4.69) is 10.6 Å². The lowest BCUT2D eigenvalue weighted by Gasteiger charge is -2.34. The molecular weight excluding hydrogens is 616 g/mol. The van der Waals surface area contributed by atoms with E-state index in [9.17, 15) is 43.5 Å². The summed E-state index contributed by atoms with van der Waals surface area (Å²) in [5, 5.41) is 14.8. The summed E-state index contributed by atoms with van der Waals surface area (Å²) in [5.74, 6) is -5.62. The van der Waals surface area contributed by atoms with Crippen molar-refractivity contribution in [2.75, 3.05) is 19.6 Å². The van der Waals surface area contributed by atoms with Gasteiger partial charge in [-0.05, 0) is 57.3 Å². The number of aliphatic carboxylic acids is 1. The van der Waals surface area contributed by atoms with Gasteiger partial charge in [-0.3, -0.25) is 33.6 Å². The van der Waals surface area contributed by atoms with E-state index in [1.165, 1.54) is 14.7 Å². The summed E-state index contributed by atoms with van der Waals surface area (Å²) in [6.45, 7) is 4.20. The van der Waals surface area contributed by atoms with Gasteiger partial charge in [0.2, 0.25) is 41.4 Å². The lowest BCUT2D eigenvalue weighted by Crippen LogP contribution is -2.59. The second-order valence-corrected chi connectivity index (χ2v) is 12.8. The van der Waals surface area contributed by atoms with E-state index in [1.807, 2.05) is 0 Å². The van der Waals surface area contributed by atoms with Crippen LogP contribution in [0, 0.1) is 5.92 Å². The Morgan fingerprint density at radius 1 is 0.723 bits per heavy atom. The molecule has 262 valence electrons. The van der Waals surface area contributed by atoms with E-state index >= 15 is 0 Å². The highest BCUT2D eigenvalue weighted by molar-refractivity contribution is 5.97. The molecule has 3 rings (SSSR count). The first kappa shape index (κ1) is 37.2. The van der Waals surface area contributed by atoms with Crippen LogP contribution in [0.2, 0.25) is 0 Å². The summed E-state index contributed by atoms with van der Waals surface area (Å²) in [6, 6.07) is -6.16. The van der Waals surface area contributed by atoms with Gasteiger partial charge in [0, 0.05) is 32.5 Å². The van der Waals surface area contributed by atoms with Crippen LogP contribution in [0.1, 0.15) is 78.1 Å². The van der Waals surface area contributed by atoms with Gasteiger partial charge in [0.15, 0.2) is 0 Å². The molecule has 0 aromatic carbocycles. The van der Waals surface area contributed by atoms with Gasteiger partial charge < -0.3 is 47.6 Å². The van der Waals surface area contributed by atoms with Gasteiger partial charge in [-0.1, -0.05) is 13.8 Å². The fourth-order valence-electron chi connectivity index (χ4n) is 6.46. The quantitative estimate of drug-likeness (QED) is 0.107. The fraction of sp³-hybridized carbons (Fsp3) is 0.733. The van der Waals surface area contributed by atoms with Crippen LogP contribution in [0.15, 0.2) is 0 Å². The molecular formula is C30H48N8O9. The number of hydrogen-bond acceptors (Lipinski definition) is 9. The SMILES string of the molecule is CC(C)[C@H](NC(=O)[C@@H]1CCCN1C(=O)[C@@H]1CCCN1C(=O)[C@H](CCC(N)=O)NC(=O)[C@@H](N)CCC(N)=O)C(=O)N1CCC[C@H]1C(=O)O. The molecule has 0 aromatic heterocycles. The van der Waals surface area contributed by atoms with E-state index < -0.39 is 83.6 Å². The number of carboxylic acid groups (broad SMARTS) is 1. The summed E-state index contributed by atoms with van der Waals surface area (Å²) >= 11 is 0. The summed E-state index contributed by atoms with van der Waals surface area (Å²) in [4.78, 5) is 106. The van der Waals surface area contributed by atoms with E-state index in [4.69, 9.17) is 17.2 Å². The number of carbonyl (C=O) groups excluding carboxylic acids is 7. The van der Waals surface area contributed by atoms with Crippen LogP contribution in [0.25, 0.3) is 0 Å². The molecule has 0 radical (unpaired) electrons. The van der Waals surface area contributed by atoms with Gasteiger partial charge in [-0.15, -0.1) is 0 Å². The summed E-state index contributed by atoms with van der Waals surface area (Å²) < 4.78 is 0. The number of amides is 7. The molecule has 0 aromatic rings. The molecule has 3 saturated heterocycles. The first-order chi connectivity index (χ1) is 22.1. The molecule has 3 aliphatic rings. The maximum Gasteiger partial charge on any atom is 0.326 e. The minimum atomic E-state index is -1.22. The highest BCUT2D eigenvalue weighted by atomic mass is 16.4. The number of carbonyl (C=O) groups is 8. The first-order valence-electron chi connectivity index (χ1n) is 16.2. The third-order valence-corrected chi connectivity index (χ3v) is 9.04. The number of carboxylic acids is 1. The Hall–Kier alpha value is -4.28. The van der Waals surface area contributed by atoms with Crippen LogP contribution >= 0.6 is 0 Å². The van der Waals surface area contributed by atoms with E-state index in [1.54, 1.807) is 13.8 Å². The van der Waals surface area contributed by atoms with Gasteiger partial charge in [-0.2, -0.15) is 0 Å². The maximum atomic E-state index is 13.9. The molecule has 7 amide bonds. The van der Waals surface area contributed by atoms with Gasteiger partial charge in [-0.25, -0.2) is 4.79 Å². The molecule has 17 nitrogen and oxygen atoms in total. The minimum absolute atomic E-state index is 0.0530. The Kier molecular flexibility index (Phi) is 13.1. The number of nitrogens with two attached hydrogens (primary N) is 3. The Balaban J connectivity index is 1.73. The topological polar surface area (TPSA) is 269 Å². The third kappa shape index (κ3) is 9.39. The lowest BCUT2D eigenvalue weighted by molar-refractivity contribution is -0.151. The van der Waals surface area contributed by atoms with Crippen LogP contribution in [0.3, 0.4) is 0 Å². The van der Waals surface area contributed by atoms with Crippen molar-refractivity contribution in [2.45, 2.75) is 114 Å². The lowest BCUT2D eigenvalue weighted by atomic mass is 10.0. The number of primary amides is 2. The molecule has 3 heterocycles. The minimum Gasteiger partial charge on any atom is -0.480 e. The number of hydrogen-bond donors (Lipinski definition) is 6. The summed E-state index contributed by atoms with van der Waals surface area (Å²) in [5.41, 5.74) is 16.3. The zero-order valence-electron chi connectivity index (χ0n) is 27.0. The van der Waals surface area contributed by atoms with Gasteiger partial charge in [0.1, 0.15) is 30.2 Å². The Morgan fingerprint density at radius 3 is 1.79 bits per heavy atom. The van der Waals surface area contributed by atoms with Gasteiger partial charge >= 0.3 is 5.97 Å². The fourth-order valence-corrected chi connectivity index (χ4v) is 6.46. The monoisotopic (exact) mass is 664 g/mol. The standard InChI is InChI=1S/C30H48N8O9/c1-16(2)24(29(45)38-15-5-8-21(38)30(46)47)35-26(42)19-6-3-13-36(19)28(44)20-7-4-14-37(20)27(43)18(10-12-23(33)40)34-25(41)17(31)9-11-22(32)39/h16-21,24H,3-15,31H2,1-2H3,(H2,32,39)(H2,33,40)(H,34,41)(H,35,42)(H,46,47)/t17-,18-,19-,20-,21-,24-/m0/s1. The average molecular weight is 665 g/mol. The molecule has 0 spiro atoms. The number of rotatable bonds is 15. The highest BCUT2D eigenvalue weighted by Gasteiger charge is 2.45. The van der Waals surface area contributed by atoms with Gasteiger partial charge in [0.25, 0.3) is 0 Å². The molecule has 9 N–H and O–H groups in total. The molecule has 47 heavy (non-hydrogen) atoms. The van der Waals surface area contributed by atoms with Gasteiger partial charge in [0.05, 0.1) is 6.04 Å². The van der Waals surface area contributed by atoms with Crippen molar-refractivity contribution in [1.82, 2.24) is 25.3 Å². The Labute approximate surface area is 273 Å². The predicted octanol–water partition coefficient (Wildman–Crippen LogP) is -2.47. The molecule has 0 saturated carbocycles. The Bertz CT molecular complexity index is 1240. The van der Waals surface area contributed by atoms with Crippen molar-refractivity contribution >= 4 is 47.3 Å². The molecule has 3 aliphatic heterocycles. The molecule has 6 atom stereocenters. The van der Waals surface area contributed by atoms with Crippen molar-refractivity contribution in [1.29, 1.82) is 0 Å². The molecule has 17 heteroatoms. The van der Waals surface area contributed by atoms with Crippen LogP contribution in [0.4, 0.5) is 0 Å². The maximum absolute atomic E-state index is 13.9. The van der Waals surface area contributed by atoms with Crippen LogP contribution in [0.5, 0.6) is 0 Å². The summed E-state index contributed by atoms with van der Waals surface area (Å²) in [7, 11) is 0. The van der Waals surface area contributed by atoms with E-state index in [0.29, 0.717) is 38.5 Å². The zero-order chi connectivity index (χ0) is 35.0. The van der Waals surface area contributed by atoms with Crippen molar-refractivity contribution in [3.05, 3.63) is 0 Å². The smallest absolute Gasteiger partial charge is 0.326 e. The molecule has 0 bridgehead atoms. The molecule has 3 fully saturated rings. The average Bonchev–Trinajstić information content (AvgIpc) is 3.80. The molecule has 0 aliphatic carbocycles. The summed E-state index contributed by atoms with van der Waals surface area (Å²) in [6.07, 6.45) is 1.94. The van der Waals surface area contributed by atoms with Crippen molar-refractivity contribution in [3.8, 4) is 0 Å². The zero-order valence-corrected chi connectivity index (χ0v) is 27.0.